The van der Waals surface area contributed by atoms with Crippen molar-refractivity contribution in [3.63, 3.8) is 0 Å². The fourth-order valence-electron chi connectivity index (χ4n) is 3.60. The van der Waals surface area contributed by atoms with E-state index in [0.29, 0.717) is 17.2 Å². The topological polar surface area (TPSA) is 65.1 Å². The Hall–Kier alpha value is -2.14. The van der Waals surface area contributed by atoms with E-state index in [1.807, 2.05) is 48.5 Å². The SMILES string of the molecule is CCOP(=O)(OCC)[C@@H]1C(=O)N2c3ccccc3Oc3ccccc3[C@@H]12. The van der Waals surface area contributed by atoms with Crippen LogP contribution in [0.15, 0.2) is 48.5 Å². The van der Waals surface area contributed by atoms with Gasteiger partial charge in [-0.1, -0.05) is 30.3 Å². The van der Waals surface area contributed by atoms with Crippen LogP contribution in [0.5, 0.6) is 11.5 Å². The number of para-hydroxylation sites is 3. The molecular formula is C19H20NO5P. The van der Waals surface area contributed by atoms with E-state index in [1.165, 1.54) is 0 Å². The highest BCUT2D eigenvalue weighted by Crippen LogP contribution is 2.65. The van der Waals surface area contributed by atoms with Gasteiger partial charge in [0.25, 0.3) is 0 Å². The van der Waals surface area contributed by atoms with Gasteiger partial charge in [0.05, 0.1) is 24.9 Å². The van der Waals surface area contributed by atoms with Crippen LogP contribution in [0.1, 0.15) is 25.5 Å². The number of fused-ring (bicyclic) bond motifs is 5. The van der Waals surface area contributed by atoms with Gasteiger partial charge in [0, 0.05) is 5.56 Å². The van der Waals surface area contributed by atoms with Crippen LogP contribution in [-0.4, -0.2) is 24.8 Å². The lowest BCUT2D eigenvalue weighted by atomic mass is 9.92. The zero-order chi connectivity index (χ0) is 18.3. The second-order valence-electron chi connectivity index (χ2n) is 6.08. The summed E-state index contributed by atoms with van der Waals surface area (Å²) in [6, 6.07) is 14.4. The highest BCUT2D eigenvalue weighted by Gasteiger charge is 2.61. The molecule has 2 atom stereocenters. The molecule has 136 valence electrons. The second-order valence-corrected chi connectivity index (χ2v) is 8.23. The minimum atomic E-state index is -3.60. The van der Waals surface area contributed by atoms with Crippen LogP contribution >= 0.6 is 7.60 Å². The number of amides is 1. The van der Waals surface area contributed by atoms with Crippen molar-refractivity contribution in [1.29, 1.82) is 0 Å². The summed E-state index contributed by atoms with van der Waals surface area (Å²) in [6.07, 6.45) is 0. The molecule has 0 unspecified atom stereocenters. The Balaban J connectivity index is 1.87. The maximum atomic E-state index is 13.4. The highest BCUT2D eigenvalue weighted by atomic mass is 31.2. The molecule has 0 aromatic heterocycles. The summed E-state index contributed by atoms with van der Waals surface area (Å²) in [7, 11) is -3.60. The number of hydrogen-bond donors (Lipinski definition) is 0. The summed E-state index contributed by atoms with van der Waals surface area (Å²) in [5.74, 6) is 0.967. The van der Waals surface area contributed by atoms with Gasteiger partial charge in [-0.3, -0.25) is 14.3 Å². The number of anilines is 1. The standard InChI is InChI=1S/C19H20NO5P/c1-3-23-26(22,24-4-2)18-17-13-9-5-7-11-15(13)25-16-12-8-6-10-14(16)20(17)19(18)21/h5-12,17-18H,3-4H2,1-2H3/t17-,18-/m0/s1. The molecule has 1 saturated heterocycles. The first-order chi connectivity index (χ1) is 12.6. The van der Waals surface area contributed by atoms with Crippen LogP contribution in [0.25, 0.3) is 0 Å². The average Bonchev–Trinajstić information content (AvgIpc) is 2.74. The maximum Gasteiger partial charge on any atom is 0.345 e. The van der Waals surface area contributed by atoms with Crippen molar-refractivity contribution in [2.75, 3.05) is 18.1 Å². The Labute approximate surface area is 152 Å². The molecule has 0 N–H and O–H groups in total. The molecule has 2 aromatic rings. The number of benzene rings is 2. The summed E-state index contributed by atoms with van der Waals surface area (Å²) in [4.78, 5) is 14.7. The molecule has 26 heavy (non-hydrogen) atoms. The molecule has 6 nitrogen and oxygen atoms in total. The van der Waals surface area contributed by atoms with Crippen LogP contribution in [0, 0.1) is 0 Å². The molecule has 2 aromatic carbocycles. The number of ether oxygens (including phenoxy) is 1. The molecule has 2 heterocycles. The molecule has 7 heteroatoms. The van der Waals surface area contributed by atoms with Gasteiger partial charge in [0.15, 0.2) is 11.4 Å². The smallest absolute Gasteiger partial charge is 0.345 e. The first-order valence-electron chi connectivity index (χ1n) is 8.68. The van der Waals surface area contributed by atoms with Gasteiger partial charge in [-0.15, -0.1) is 0 Å². The van der Waals surface area contributed by atoms with Gasteiger partial charge in [-0.25, -0.2) is 0 Å². The Morgan fingerprint density at radius 1 is 1.00 bits per heavy atom. The quantitative estimate of drug-likeness (QED) is 0.570. The highest BCUT2D eigenvalue weighted by molar-refractivity contribution is 7.56. The lowest BCUT2D eigenvalue weighted by Crippen LogP contribution is -2.59. The molecule has 2 aliphatic heterocycles. The van der Waals surface area contributed by atoms with Gasteiger partial charge >= 0.3 is 7.60 Å². The Morgan fingerprint density at radius 3 is 2.31 bits per heavy atom. The zero-order valence-electron chi connectivity index (χ0n) is 14.6. The number of carbonyl (C=O) groups excluding carboxylic acids is 1. The fourth-order valence-corrected chi connectivity index (χ4v) is 5.75. The average molecular weight is 373 g/mol. The normalized spacial score (nSPS) is 21.0. The molecular weight excluding hydrogens is 353 g/mol. The number of β-lactam (4-membered cyclic amide) rings is 1. The minimum absolute atomic E-state index is 0.211. The molecule has 0 saturated carbocycles. The van der Waals surface area contributed by atoms with Gasteiger partial charge in [0.2, 0.25) is 5.91 Å². The largest absolute Gasteiger partial charge is 0.455 e. The van der Waals surface area contributed by atoms with Gasteiger partial charge < -0.3 is 13.8 Å². The van der Waals surface area contributed by atoms with E-state index in [0.717, 1.165) is 5.56 Å². The van der Waals surface area contributed by atoms with Crippen molar-refractivity contribution in [2.24, 2.45) is 0 Å². The van der Waals surface area contributed by atoms with Crippen molar-refractivity contribution in [2.45, 2.75) is 25.5 Å². The Kier molecular flexibility index (Phi) is 4.35. The summed E-state index contributed by atoms with van der Waals surface area (Å²) in [5.41, 5.74) is 0.584. The number of rotatable bonds is 5. The van der Waals surface area contributed by atoms with Gasteiger partial charge in [-0.2, -0.15) is 0 Å². The summed E-state index contributed by atoms with van der Waals surface area (Å²) >= 11 is 0. The molecule has 0 bridgehead atoms. The molecule has 1 fully saturated rings. The lowest BCUT2D eigenvalue weighted by molar-refractivity contribution is -0.124. The van der Waals surface area contributed by atoms with E-state index < -0.39 is 19.3 Å². The van der Waals surface area contributed by atoms with Crippen molar-refractivity contribution >= 4 is 19.2 Å². The maximum absolute atomic E-state index is 13.4. The van der Waals surface area contributed by atoms with Crippen molar-refractivity contribution in [1.82, 2.24) is 0 Å². The van der Waals surface area contributed by atoms with Crippen LogP contribution in [0.2, 0.25) is 0 Å². The third kappa shape index (κ3) is 2.49. The number of nitrogens with zero attached hydrogens (tertiary/aromatic N) is 1. The fraction of sp³-hybridized carbons (Fsp3) is 0.316. The molecule has 0 spiro atoms. The Bertz CT molecular complexity index is 889. The van der Waals surface area contributed by atoms with E-state index in [4.69, 9.17) is 13.8 Å². The lowest BCUT2D eigenvalue weighted by Gasteiger charge is -2.47. The third-order valence-corrected chi connectivity index (χ3v) is 7.03. The van der Waals surface area contributed by atoms with Crippen LogP contribution < -0.4 is 9.64 Å². The van der Waals surface area contributed by atoms with Crippen molar-refractivity contribution < 1.29 is 23.1 Å². The molecule has 2 aliphatic rings. The Morgan fingerprint density at radius 2 is 1.62 bits per heavy atom. The van der Waals surface area contributed by atoms with E-state index in [-0.39, 0.29) is 19.1 Å². The van der Waals surface area contributed by atoms with Crippen LogP contribution in [0.4, 0.5) is 5.69 Å². The number of carbonyl (C=O) groups is 1. The molecule has 0 radical (unpaired) electrons. The van der Waals surface area contributed by atoms with E-state index in [2.05, 4.69) is 0 Å². The van der Waals surface area contributed by atoms with Gasteiger partial charge in [-0.05, 0) is 32.0 Å². The monoisotopic (exact) mass is 373 g/mol. The second kappa shape index (κ2) is 6.54. The predicted molar refractivity (Wildman–Crippen MR) is 97.8 cm³/mol. The summed E-state index contributed by atoms with van der Waals surface area (Å²) in [6.45, 7) is 3.91. The van der Waals surface area contributed by atoms with Crippen molar-refractivity contribution in [3.8, 4) is 11.5 Å². The van der Waals surface area contributed by atoms with Crippen molar-refractivity contribution in [3.05, 3.63) is 54.1 Å². The first-order valence-corrected chi connectivity index (χ1v) is 10.3. The first kappa shape index (κ1) is 17.3. The number of hydrogen-bond acceptors (Lipinski definition) is 5. The van der Waals surface area contributed by atoms with Crippen LogP contribution in [0.3, 0.4) is 0 Å². The van der Waals surface area contributed by atoms with Gasteiger partial charge in [0.1, 0.15) is 5.75 Å². The molecule has 0 aliphatic carbocycles. The predicted octanol–water partition coefficient (Wildman–Crippen LogP) is 4.51. The van der Waals surface area contributed by atoms with E-state index >= 15 is 0 Å². The summed E-state index contributed by atoms with van der Waals surface area (Å²) in [5, 5.41) is 0. The zero-order valence-corrected chi connectivity index (χ0v) is 15.5. The van der Waals surface area contributed by atoms with Crippen LogP contribution in [-0.2, 0) is 18.4 Å². The minimum Gasteiger partial charge on any atom is -0.455 e. The molecule has 4 rings (SSSR count). The van der Waals surface area contributed by atoms with E-state index in [9.17, 15) is 9.36 Å². The van der Waals surface area contributed by atoms with E-state index in [1.54, 1.807) is 18.7 Å². The third-order valence-electron chi connectivity index (χ3n) is 4.61. The summed E-state index contributed by atoms with van der Waals surface area (Å²) < 4.78 is 30.4. The molecule has 1 amide bonds.